The van der Waals surface area contributed by atoms with Gasteiger partial charge in [-0.1, -0.05) is 6.07 Å². The zero-order valence-electron chi connectivity index (χ0n) is 15.3. The summed E-state index contributed by atoms with van der Waals surface area (Å²) < 4.78 is 5.90. The molecule has 0 aliphatic carbocycles. The average molecular weight is 341 g/mol. The van der Waals surface area contributed by atoms with E-state index >= 15 is 0 Å². The Labute approximate surface area is 149 Å². The Kier molecular flexibility index (Phi) is 5.35. The highest BCUT2D eigenvalue weighted by Gasteiger charge is 2.34. The molecule has 1 aliphatic heterocycles. The third kappa shape index (κ3) is 4.77. The van der Waals surface area contributed by atoms with Crippen LogP contribution in [0.2, 0.25) is 0 Å². The third-order valence-corrected chi connectivity index (χ3v) is 4.84. The van der Waals surface area contributed by atoms with E-state index in [0.717, 1.165) is 43.2 Å². The Morgan fingerprint density at radius 1 is 1.20 bits per heavy atom. The maximum atomic E-state index is 11.0. The fraction of sp³-hybridized carbons (Fsp3) is 0.500. The number of hydrogen-bond acceptors (Lipinski definition) is 5. The standard InChI is InChI=1S/C20H27N3O2/c1-15-5-6-19(11-16(15)2)25-14-20(24)8-4-10-23(13-20)12-18-7-9-21-17(3)22-18/h5-7,9,11,24H,4,8,10,12-14H2,1-3H3. The number of piperidine rings is 1. The predicted molar refractivity (Wildman–Crippen MR) is 97.6 cm³/mol. The normalized spacial score (nSPS) is 21.3. The number of aromatic nitrogens is 2. The first kappa shape index (κ1) is 17.8. The maximum absolute atomic E-state index is 11.0. The van der Waals surface area contributed by atoms with Crippen molar-refractivity contribution in [2.45, 2.75) is 45.8 Å². The van der Waals surface area contributed by atoms with Crippen LogP contribution in [0.4, 0.5) is 0 Å². The van der Waals surface area contributed by atoms with Gasteiger partial charge in [-0.25, -0.2) is 9.97 Å². The van der Waals surface area contributed by atoms with Gasteiger partial charge in [0.25, 0.3) is 0 Å². The van der Waals surface area contributed by atoms with Crippen molar-refractivity contribution < 1.29 is 9.84 Å². The molecule has 1 N–H and O–H groups in total. The van der Waals surface area contributed by atoms with Crippen LogP contribution in [0, 0.1) is 20.8 Å². The Hall–Kier alpha value is -1.98. The second kappa shape index (κ2) is 7.50. The zero-order chi connectivity index (χ0) is 17.9. The first-order valence-corrected chi connectivity index (χ1v) is 8.87. The lowest BCUT2D eigenvalue weighted by Gasteiger charge is -2.38. The van der Waals surface area contributed by atoms with Gasteiger partial charge in [0.2, 0.25) is 0 Å². The number of aliphatic hydroxyl groups is 1. The maximum Gasteiger partial charge on any atom is 0.125 e. The van der Waals surface area contributed by atoms with Crippen LogP contribution >= 0.6 is 0 Å². The van der Waals surface area contributed by atoms with Gasteiger partial charge in [0.1, 0.15) is 23.8 Å². The number of hydrogen-bond donors (Lipinski definition) is 1. The summed E-state index contributed by atoms with van der Waals surface area (Å²) >= 11 is 0. The molecule has 5 nitrogen and oxygen atoms in total. The van der Waals surface area contributed by atoms with Crippen LogP contribution in [-0.2, 0) is 6.54 Å². The monoisotopic (exact) mass is 341 g/mol. The predicted octanol–water partition coefficient (Wildman–Crippen LogP) is 2.81. The van der Waals surface area contributed by atoms with Gasteiger partial charge in [-0.05, 0) is 69.5 Å². The lowest BCUT2D eigenvalue weighted by molar-refractivity contribution is -0.0623. The molecule has 1 fully saturated rings. The van der Waals surface area contributed by atoms with Crippen LogP contribution in [-0.4, -0.2) is 45.3 Å². The smallest absolute Gasteiger partial charge is 0.125 e. The highest BCUT2D eigenvalue weighted by Crippen LogP contribution is 2.24. The zero-order valence-corrected chi connectivity index (χ0v) is 15.3. The van der Waals surface area contributed by atoms with E-state index in [1.165, 1.54) is 11.1 Å². The number of nitrogens with zero attached hydrogens (tertiary/aromatic N) is 3. The molecule has 1 aliphatic rings. The SMILES string of the molecule is Cc1nccc(CN2CCCC(O)(COc3ccc(C)c(C)c3)C2)n1. The van der Waals surface area contributed by atoms with E-state index in [2.05, 4.69) is 34.8 Å². The van der Waals surface area contributed by atoms with Crippen LogP contribution in [0.3, 0.4) is 0 Å². The van der Waals surface area contributed by atoms with Crippen LogP contribution in [0.15, 0.2) is 30.5 Å². The minimum absolute atomic E-state index is 0.314. The summed E-state index contributed by atoms with van der Waals surface area (Å²) in [6.07, 6.45) is 3.50. The number of likely N-dealkylation sites (tertiary alicyclic amines) is 1. The molecule has 1 aromatic carbocycles. The van der Waals surface area contributed by atoms with Crippen molar-refractivity contribution in [2.75, 3.05) is 19.7 Å². The second-order valence-corrected chi connectivity index (χ2v) is 7.17. The molecule has 3 rings (SSSR count). The van der Waals surface area contributed by atoms with Crippen molar-refractivity contribution in [1.29, 1.82) is 0 Å². The molecule has 0 spiro atoms. The molecule has 5 heteroatoms. The van der Waals surface area contributed by atoms with Gasteiger partial charge in [-0.3, -0.25) is 4.90 Å². The van der Waals surface area contributed by atoms with Gasteiger partial charge in [0.05, 0.1) is 5.69 Å². The molecule has 2 heterocycles. The van der Waals surface area contributed by atoms with Crippen molar-refractivity contribution in [3.63, 3.8) is 0 Å². The Bertz CT molecular complexity index is 735. The van der Waals surface area contributed by atoms with Crippen LogP contribution in [0.5, 0.6) is 5.75 Å². The Morgan fingerprint density at radius 3 is 2.80 bits per heavy atom. The van der Waals surface area contributed by atoms with Crippen molar-refractivity contribution in [3.8, 4) is 5.75 Å². The molecule has 1 aromatic heterocycles. The lowest BCUT2D eigenvalue weighted by Crippen LogP contribution is -2.51. The number of aryl methyl sites for hydroxylation is 3. The first-order chi connectivity index (χ1) is 11.9. The molecule has 2 aromatic rings. The molecule has 0 amide bonds. The van der Waals surface area contributed by atoms with Gasteiger partial charge in [-0.15, -0.1) is 0 Å². The fourth-order valence-electron chi connectivity index (χ4n) is 3.30. The quantitative estimate of drug-likeness (QED) is 0.906. The summed E-state index contributed by atoms with van der Waals surface area (Å²) in [4.78, 5) is 10.8. The first-order valence-electron chi connectivity index (χ1n) is 8.87. The molecule has 1 unspecified atom stereocenters. The lowest BCUT2D eigenvalue weighted by atomic mass is 9.93. The molecular weight excluding hydrogens is 314 g/mol. The van der Waals surface area contributed by atoms with E-state index in [0.29, 0.717) is 13.2 Å². The summed E-state index contributed by atoms with van der Waals surface area (Å²) in [6, 6.07) is 7.99. The molecule has 134 valence electrons. The average Bonchev–Trinajstić information content (AvgIpc) is 2.56. The fourth-order valence-corrected chi connectivity index (χ4v) is 3.30. The number of rotatable bonds is 5. The minimum atomic E-state index is -0.820. The van der Waals surface area contributed by atoms with Gasteiger partial charge >= 0.3 is 0 Å². The molecular formula is C20H27N3O2. The molecule has 0 radical (unpaired) electrons. The van der Waals surface area contributed by atoms with E-state index < -0.39 is 5.60 Å². The molecule has 25 heavy (non-hydrogen) atoms. The molecule has 1 saturated heterocycles. The van der Waals surface area contributed by atoms with E-state index in [-0.39, 0.29) is 0 Å². The number of ether oxygens (including phenoxy) is 1. The van der Waals surface area contributed by atoms with Crippen LogP contribution in [0.25, 0.3) is 0 Å². The molecule has 0 saturated carbocycles. The second-order valence-electron chi connectivity index (χ2n) is 7.17. The Balaban J connectivity index is 1.59. The van der Waals surface area contributed by atoms with Gasteiger partial charge < -0.3 is 9.84 Å². The minimum Gasteiger partial charge on any atom is -0.491 e. The van der Waals surface area contributed by atoms with E-state index in [1.54, 1.807) is 6.20 Å². The van der Waals surface area contributed by atoms with Gasteiger partial charge in [0, 0.05) is 19.3 Å². The van der Waals surface area contributed by atoms with E-state index in [1.807, 2.05) is 25.1 Å². The number of benzene rings is 1. The Morgan fingerprint density at radius 2 is 2.04 bits per heavy atom. The molecule has 0 bridgehead atoms. The molecule has 1 atom stereocenters. The summed E-state index contributed by atoms with van der Waals surface area (Å²) in [7, 11) is 0. The van der Waals surface area contributed by atoms with Crippen molar-refractivity contribution in [1.82, 2.24) is 14.9 Å². The third-order valence-electron chi connectivity index (χ3n) is 4.84. The summed E-state index contributed by atoms with van der Waals surface area (Å²) in [5, 5.41) is 11.0. The van der Waals surface area contributed by atoms with Crippen LogP contribution < -0.4 is 4.74 Å². The summed E-state index contributed by atoms with van der Waals surface area (Å²) in [5.74, 6) is 1.60. The van der Waals surface area contributed by atoms with Gasteiger partial charge in [-0.2, -0.15) is 0 Å². The highest BCUT2D eigenvalue weighted by atomic mass is 16.5. The highest BCUT2D eigenvalue weighted by molar-refractivity contribution is 5.33. The summed E-state index contributed by atoms with van der Waals surface area (Å²) in [5.41, 5.74) is 2.62. The largest absolute Gasteiger partial charge is 0.491 e. The number of β-amino-alcohol motifs (C(OH)–C–C–N with tert-alkyl or cyclic N) is 1. The van der Waals surface area contributed by atoms with Crippen LogP contribution in [0.1, 0.15) is 35.5 Å². The van der Waals surface area contributed by atoms with Crippen molar-refractivity contribution >= 4 is 0 Å². The van der Waals surface area contributed by atoms with E-state index in [4.69, 9.17) is 4.74 Å². The van der Waals surface area contributed by atoms with Crippen molar-refractivity contribution in [3.05, 3.63) is 53.1 Å². The van der Waals surface area contributed by atoms with E-state index in [9.17, 15) is 5.11 Å². The summed E-state index contributed by atoms with van der Waals surface area (Å²) in [6.45, 7) is 8.66. The topological polar surface area (TPSA) is 58.5 Å². The van der Waals surface area contributed by atoms with Gasteiger partial charge in [0.15, 0.2) is 0 Å². The van der Waals surface area contributed by atoms with Crippen molar-refractivity contribution in [2.24, 2.45) is 0 Å².